The Balaban J connectivity index is 0. The predicted molar refractivity (Wildman–Crippen MR) is 57.7 cm³/mol. The number of hydrogen-bond acceptors (Lipinski definition) is 7. The molecule has 0 aliphatic rings. The van der Waals surface area contributed by atoms with Crippen molar-refractivity contribution in [2.45, 2.75) is 5.54 Å². The monoisotopic (exact) mass is 239 g/mol. The molecule has 0 bridgehead atoms. The van der Waals surface area contributed by atoms with Crippen LogP contribution < -0.4 is 16.8 Å². The lowest BCUT2D eigenvalue weighted by Gasteiger charge is -2.20. The summed E-state index contributed by atoms with van der Waals surface area (Å²) in [6.45, 7) is -0.170. The fourth-order valence-electron chi connectivity index (χ4n) is 0.447. The highest BCUT2D eigenvalue weighted by Gasteiger charge is 2.20. The van der Waals surface area contributed by atoms with Gasteiger partial charge in [-0.1, -0.05) is 0 Å². The predicted octanol–water partition coefficient (Wildman–Crippen LogP) is -3.72. The van der Waals surface area contributed by atoms with E-state index in [0.29, 0.717) is 13.1 Å². The van der Waals surface area contributed by atoms with E-state index in [4.69, 9.17) is 31.9 Å². The van der Waals surface area contributed by atoms with Gasteiger partial charge in [-0.2, -0.15) is 0 Å². The van der Waals surface area contributed by atoms with E-state index < -0.39 is 31.3 Å². The van der Waals surface area contributed by atoms with Crippen LogP contribution in [0.4, 0.5) is 0 Å². The topological polar surface area (TPSA) is 162 Å². The highest BCUT2D eigenvalue weighted by molar-refractivity contribution is 5.68. The molecule has 0 aliphatic carbocycles. The fourth-order valence-corrected chi connectivity index (χ4v) is 0.447. The van der Waals surface area contributed by atoms with Crippen LogP contribution in [0.3, 0.4) is 0 Å². The highest BCUT2D eigenvalue weighted by Crippen LogP contribution is 1.93. The van der Waals surface area contributed by atoms with E-state index in [0.717, 1.165) is 0 Å². The Kier molecular flexibility index (Phi) is 11.8. The summed E-state index contributed by atoms with van der Waals surface area (Å²) in [6, 6.07) is 0. The number of hydrogen-bond donors (Lipinski definition) is 7. The Hall–Kier alpha value is -0.770. The average molecular weight is 239 g/mol. The van der Waals surface area contributed by atoms with Crippen LogP contribution in [0.25, 0.3) is 0 Å². The SMILES string of the molecule is NC(CO)(CO)CO.NCCNCC(=O)O. The molecule has 0 aliphatic heterocycles. The lowest BCUT2D eigenvalue weighted by molar-refractivity contribution is -0.135. The molecule has 98 valence electrons. The second-order valence-electron chi connectivity index (χ2n) is 3.20. The van der Waals surface area contributed by atoms with Crippen LogP contribution in [-0.2, 0) is 4.79 Å². The maximum absolute atomic E-state index is 9.77. The molecular formula is C8H21N3O5. The quantitative estimate of drug-likeness (QED) is 0.223. The number of aliphatic carboxylic acids is 1. The van der Waals surface area contributed by atoms with E-state index in [2.05, 4.69) is 5.32 Å². The molecule has 0 aromatic heterocycles. The summed E-state index contributed by atoms with van der Waals surface area (Å²) in [5.74, 6) is -0.849. The standard InChI is InChI=1S/C4H10N2O2.C4H11NO3/c5-1-2-6-3-4(7)8;5-4(1-6,2-7)3-8/h6H,1-3,5H2,(H,7,8);6-8H,1-3,5H2. The number of nitrogens with two attached hydrogens (primary N) is 2. The van der Waals surface area contributed by atoms with Gasteiger partial charge in [0.2, 0.25) is 0 Å². The van der Waals surface area contributed by atoms with Crippen molar-refractivity contribution in [3.05, 3.63) is 0 Å². The number of aliphatic hydroxyl groups excluding tert-OH is 3. The van der Waals surface area contributed by atoms with Gasteiger partial charge in [0.1, 0.15) is 0 Å². The first-order valence-corrected chi connectivity index (χ1v) is 4.69. The first-order valence-electron chi connectivity index (χ1n) is 4.69. The van der Waals surface area contributed by atoms with Crippen molar-refractivity contribution in [3.63, 3.8) is 0 Å². The smallest absolute Gasteiger partial charge is 0.317 e. The molecule has 0 rings (SSSR count). The second-order valence-corrected chi connectivity index (χ2v) is 3.20. The van der Waals surface area contributed by atoms with Gasteiger partial charge in [-0.3, -0.25) is 4.79 Å². The molecule has 9 N–H and O–H groups in total. The van der Waals surface area contributed by atoms with Gasteiger partial charge in [0, 0.05) is 13.1 Å². The molecule has 0 saturated heterocycles. The van der Waals surface area contributed by atoms with Crippen LogP contribution in [0.1, 0.15) is 0 Å². The van der Waals surface area contributed by atoms with E-state index in [-0.39, 0.29) is 6.54 Å². The number of carboxylic acid groups (broad SMARTS) is 1. The van der Waals surface area contributed by atoms with Gasteiger partial charge in [-0.05, 0) is 0 Å². The first kappa shape index (κ1) is 17.6. The highest BCUT2D eigenvalue weighted by atomic mass is 16.4. The Morgan fingerprint density at radius 2 is 1.62 bits per heavy atom. The lowest BCUT2D eigenvalue weighted by Crippen LogP contribution is -2.50. The van der Waals surface area contributed by atoms with Crippen LogP contribution in [0.5, 0.6) is 0 Å². The van der Waals surface area contributed by atoms with Crippen molar-refractivity contribution in [2.75, 3.05) is 39.5 Å². The molecule has 0 spiro atoms. The van der Waals surface area contributed by atoms with Crippen LogP contribution in [0.15, 0.2) is 0 Å². The minimum absolute atomic E-state index is 0.00278. The zero-order chi connectivity index (χ0) is 13.0. The van der Waals surface area contributed by atoms with Crippen molar-refractivity contribution < 1.29 is 25.2 Å². The second kappa shape index (κ2) is 10.7. The van der Waals surface area contributed by atoms with E-state index in [1.54, 1.807) is 0 Å². The minimum Gasteiger partial charge on any atom is -0.480 e. The first-order chi connectivity index (χ1) is 7.45. The van der Waals surface area contributed by atoms with Gasteiger partial charge in [-0.25, -0.2) is 0 Å². The van der Waals surface area contributed by atoms with Crippen molar-refractivity contribution in [2.24, 2.45) is 11.5 Å². The largest absolute Gasteiger partial charge is 0.480 e. The third kappa shape index (κ3) is 11.3. The molecule has 0 radical (unpaired) electrons. The summed E-state index contributed by atoms with van der Waals surface area (Å²) < 4.78 is 0. The lowest BCUT2D eigenvalue weighted by atomic mass is 10.1. The summed E-state index contributed by atoms with van der Waals surface area (Å²) in [6.07, 6.45) is 0. The fraction of sp³-hybridized carbons (Fsp3) is 0.875. The van der Waals surface area contributed by atoms with Crippen molar-refractivity contribution >= 4 is 5.97 Å². The maximum Gasteiger partial charge on any atom is 0.317 e. The van der Waals surface area contributed by atoms with Crippen molar-refractivity contribution in [3.8, 4) is 0 Å². The van der Waals surface area contributed by atoms with E-state index in [9.17, 15) is 4.79 Å². The van der Waals surface area contributed by atoms with Crippen molar-refractivity contribution in [1.82, 2.24) is 5.32 Å². The molecular weight excluding hydrogens is 218 g/mol. The average Bonchev–Trinajstić information content (AvgIpc) is 2.29. The van der Waals surface area contributed by atoms with Crippen LogP contribution in [0.2, 0.25) is 0 Å². The number of carbonyl (C=O) groups is 1. The molecule has 0 atom stereocenters. The van der Waals surface area contributed by atoms with Gasteiger partial charge in [-0.15, -0.1) is 0 Å². The van der Waals surface area contributed by atoms with Gasteiger partial charge in [0.05, 0.1) is 31.9 Å². The molecule has 8 nitrogen and oxygen atoms in total. The molecule has 8 heteroatoms. The van der Waals surface area contributed by atoms with Crippen molar-refractivity contribution in [1.29, 1.82) is 0 Å². The van der Waals surface area contributed by atoms with Gasteiger partial charge >= 0.3 is 5.97 Å². The van der Waals surface area contributed by atoms with E-state index in [1.807, 2.05) is 0 Å². The summed E-state index contributed by atoms with van der Waals surface area (Å²) in [4.78, 5) is 9.77. The minimum atomic E-state index is -1.21. The zero-order valence-corrected chi connectivity index (χ0v) is 9.09. The Morgan fingerprint density at radius 3 is 1.81 bits per heavy atom. The number of carboxylic acids is 1. The summed E-state index contributed by atoms with van der Waals surface area (Å²) in [5.41, 5.74) is 9.00. The van der Waals surface area contributed by atoms with Crippen LogP contribution >= 0.6 is 0 Å². The molecule has 0 aromatic rings. The Bertz CT molecular complexity index is 167. The normalized spacial score (nSPS) is 10.6. The molecule has 0 amide bonds. The van der Waals surface area contributed by atoms with Gasteiger partial charge < -0.3 is 37.2 Å². The Morgan fingerprint density at radius 1 is 1.19 bits per heavy atom. The Labute approximate surface area is 93.9 Å². The molecule has 0 fully saturated rings. The molecule has 0 unspecified atom stereocenters. The molecule has 16 heavy (non-hydrogen) atoms. The maximum atomic E-state index is 9.77. The van der Waals surface area contributed by atoms with Gasteiger partial charge in [0.25, 0.3) is 0 Å². The van der Waals surface area contributed by atoms with Crippen LogP contribution in [-0.4, -0.2) is 71.4 Å². The molecule has 0 saturated carbocycles. The summed E-state index contributed by atoms with van der Waals surface area (Å²) in [5, 5.41) is 35.7. The third-order valence-corrected chi connectivity index (χ3v) is 1.54. The van der Waals surface area contributed by atoms with Gasteiger partial charge in [0.15, 0.2) is 0 Å². The zero-order valence-electron chi connectivity index (χ0n) is 9.09. The molecule has 0 heterocycles. The summed E-state index contributed by atoms with van der Waals surface area (Å²) >= 11 is 0. The number of aliphatic hydroxyl groups is 3. The summed E-state index contributed by atoms with van der Waals surface area (Å²) in [7, 11) is 0. The number of nitrogens with one attached hydrogen (secondary N) is 1. The third-order valence-electron chi connectivity index (χ3n) is 1.54. The molecule has 0 aromatic carbocycles. The van der Waals surface area contributed by atoms with E-state index in [1.165, 1.54) is 0 Å². The van der Waals surface area contributed by atoms with Crippen LogP contribution in [0, 0.1) is 0 Å². The van der Waals surface area contributed by atoms with E-state index >= 15 is 0 Å². The number of rotatable bonds is 7.